The van der Waals surface area contributed by atoms with Gasteiger partial charge in [-0.1, -0.05) is 31.5 Å². The standard InChI is InChI=1S/C13H18ClNO/c1-8(2)15-11-6-7-16-13-10(14)5-4-9(3)12(11)13/h4-5,8,11,15H,6-7H2,1-3H3. The summed E-state index contributed by atoms with van der Waals surface area (Å²) in [6.45, 7) is 7.17. The number of hydrogen-bond donors (Lipinski definition) is 1. The molecule has 1 aliphatic rings. The second-order valence-electron chi connectivity index (χ2n) is 4.62. The summed E-state index contributed by atoms with van der Waals surface area (Å²) in [5.74, 6) is 0.867. The fraction of sp³-hybridized carbons (Fsp3) is 0.538. The molecule has 88 valence electrons. The lowest BCUT2D eigenvalue weighted by atomic mass is 9.95. The lowest BCUT2D eigenvalue weighted by Gasteiger charge is -2.30. The first kappa shape index (κ1) is 11.7. The third-order valence-electron chi connectivity index (χ3n) is 2.90. The second kappa shape index (κ2) is 4.64. The molecule has 1 N–H and O–H groups in total. The van der Waals surface area contributed by atoms with E-state index in [-0.39, 0.29) is 0 Å². The van der Waals surface area contributed by atoms with Crippen molar-refractivity contribution in [1.29, 1.82) is 0 Å². The summed E-state index contributed by atoms with van der Waals surface area (Å²) in [6.07, 6.45) is 1.01. The third kappa shape index (κ3) is 2.18. The Bertz CT molecular complexity index is 390. The summed E-state index contributed by atoms with van der Waals surface area (Å²) in [7, 11) is 0. The molecule has 0 amide bonds. The third-order valence-corrected chi connectivity index (χ3v) is 3.20. The Hall–Kier alpha value is -0.730. The zero-order valence-corrected chi connectivity index (χ0v) is 10.8. The zero-order valence-electron chi connectivity index (χ0n) is 10.0. The molecule has 1 atom stereocenters. The van der Waals surface area contributed by atoms with Crippen molar-refractivity contribution in [1.82, 2.24) is 5.32 Å². The number of nitrogens with one attached hydrogen (secondary N) is 1. The topological polar surface area (TPSA) is 21.3 Å². The van der Waals surface area contributed by atoms with Gasteiger partial charge in [-0.05, 0) is 18.6 Å². The Morgan fingerprint density at radius 2 is 2.19 bits per heavy atom. The molecule has 3 heteroatoms. The average Bonchev–Trinajstić information content (AvgIpc) is 2.23. The molecule has 0 aromatic heterocycles. The first-order valence-corrected chi connectivity index (χ1v) is 6.15. The van der Waals surface area contributed by atoms with Crippen LogP contribution in [0.2, 0.25) is 5.02 Å². The monoisotopic (exact) mass is 239 g/mol. The van der Waals surface area contributed by atoms with E-state index in [4.69, 9.17) is 16.3 Å². The van der Waals surface area contributed by atoms with E-state index in [0.29, 0.717) is 12.1 Å². The molecule has 0 saturated carbocycles. The van der Waals surface area contributed by atoms with Gasteiger partial charge in [0.05, 0.1) is 11.6 Å². The predicted molar refractivity (Wildman–Crippen MR) is 67.3 cm³/mol. The molecule has 2 nitrogen and oxygen atoms in total. The highest BCUT2D eigenvalue weighted by molar-refractivity contribution is 6.32. The Balaban J connectivity index is 2.40. The van der Waals surface area contributed by atoms with Gasteiger partial charge in [0.2, 0.25) is 0 Å². The first-order valence-electron chi connectivity index (χ1n) is 5.77. The van der Waals surface area contributed by atoms with Crippen LogP contribution in [0.25, 0.3) is 0 Å². The van der Waals surface area contributed by atoms with E-state index in [0.717, 1.165) is 23.8 Å². The van der Waals surface area contributed by atoms with Crippen LogP contribution in [0.3, 0.4) is 0 Å². The van der Waals surface area contributed by atoms with Gasteiger partial charge >= 0.3 is 0 Å². The van der Waals surface area contributed by atoms with Crippen molar-refractivity contribution in [2.75, 3.05) is 6.61 Å². The van der Waals surface area contributed by atoms with Gasteiger partial charge in [-0.25, -0.2) is 0 Å². The van der Waals surface area contributed by atoms with Crippen molar-refractivity contribution in [3.05, 3.63) is 28.3 Å². The van der Waals surface area contributed by atoms with Crippen LogP contribution in [-0.4, -0.2) is 12.6 Å². The highest BCUT2D eigenvalue weighted by atomic mass is 35.5. The normalized spacial score (nSPS) is 19.4. The van der Waals surface area contributed by atoms with E-state index in [1.165, 1.54) is 11.1 Å². The number of halogens is 1. The van der Waals surface area contributed by atoms with Gasteiger partial charge in [0.15, 0.2) is 0 Å². The van der Waals surface area contributed by atoms with Crippen LogP contribution in [-0.2, 0) is 0 Å². The summed E-state index contributed by atoms with van der Waals surface area (Å²) in [5.41, 5.74) is 2.48. The van der Waals surface area contributed by atoms with Gasteiger partial charge in [-0.15, -0.1) is 0 Å². The second-order valence-corrected chi connectivity index (χ2v) is 5.03. The number of fused-ring (bicyclic) bond motifs is 1. The lowest BCUT2D eigenvalue weighted by molar-refractivity contribution is 0.247. The summed E-state index contributed by atoms with van der Waals surface area (Å²) in [6, 6.07) is 4.80. The van der Waals surface area contributed by atoms with E-state index in [9.17, 15) is 0 Å². The van der Waals surface area contributed by atoms with Crippen LogP contribution in [0.15, 0.2) is 12.1 Å². The van der Waals surface area contributed by atoms with Crippen molar-refractivity contribution < 1.29 is 4.74 Å². The molecule has 2 rings (SSSR count). The molecular formula is C13H18ClNO. The number of rotatable bonds is 2. The maximum absolute atomic E-state index is 6.16. The fourth-order valence-electron chi connectivity index (χ4n) is 2.24. The number of ether oxygens (including phenoxy) is 1. The Morgan fingerprint density at radius 1 is 1.44 bits per heavy atom. The van der Waals surface area contributed by atoms with Crippen LogP contribution in [0.4, 0.5) is 0 Å². The lowest BCUT2D eigenvalue weighted by Crippen LogP contribution is -2.32. The van der Waals surface area contributed by atoms with E-state index >= 15 is 0 Å². The highest BCUT2D eigenvalue weighted by Gasteiger charge is 2.25. The molecule has 0 aliphatic carbocycles. The number of benzene rings is 1. The Morgan fingerprint density at radius 3 is 2.88 bits per heavy atom. The fourth-order valence-corrected chi connectivity index (χ4v) is 2.46. The van der Waals surface area contributed by atoms with Crippen LogP contribution >= 0.6 is 11.6 Å². The summed E-state index contributed by atoms with van der Waals surface area (Å²) in [4.78, 5) is 0. The largest absolute Gasteiger partial charge is 0.492 e. The van der Waals surface area contributed by atoms with Gasteiger partial charge in [0, 0.05) is 24.1 Å². The minimum atomic E-state index is 0.363. The summed E-state index contributed by atoms with van der Waals surface area (Å²) in [5, 5.41) is 4.29. The smallest absolute Gasteiger partial charge is 0.142 e. The van der Waals surface area contributed by atoms with Gasteiger partial charge in [0.25, 0.3) is 0 Å². The van der Waals surface area contributed by atoms with Gasteiger partial charge in [0.1, 0.15) is 5.75 Å². The molecule has 0 bridgehead atoms. The molecule has 1 aliphatic heterocycles. The first-order chi connectivity index (χ1) is 7.59. The van der Waals surface area contributed by atoms with E-state index in [1.54, 1.807) is 0 Å². The van der Waals surface area contributed by atoms with Crippen LogP contribution in [0.5, 0.6) is 5.75 Å². The molecule has 0 saturated heterocycles. The maximum Gasteiger partial charge on any atom is 0.142 e. The molecule has 1 aromatic carbocycles. The average molecular weight is 240 g/mol. The van der Waals surface area contributed by atoms with E-state index in [2.05, 4.69) is 32.2 Å². The molecule has 0 radical (unpaired) electrons. The maximum atomic E-state index is 6.16. The molecule has 1 heterocycles. The van der Waals surface area contributed by atoms with Gasteiger partial charge in [-0.3, -0.25) is 0 Å². The van der Waals surface area contributed by atoms with Crippen molar-refractivity contribution in [2.24, 2.45) is 0 Å². The van der Waals surface area contributed by atoms with Crippen LogP contribution < -0.4 is 10.1 Å². The van der Waals surface area contributed by atoms with Crippen LogP contribution in [0.1, 0.15) is 37.4 Å². The van der Waals surface area contributed by atoms with Crippen molar-refractivity contribution in [3.63, 3.8) is 0 Å². The Kier molecular flexibility index (Phi) is 3.41. The van der Waals surface area contributed by atoms with Crippen molar-refractivity contribution in [2.45, 2.75) is 39.3 Å². The SMILES string of the molecule is Cc1ccc(Cl)c2c1C(NC(C)C)CCO2. The minimum absolute atomic E-state index is 0.363. The number of aryl methyl sites for hydroxylation is 1. The number of hydrogen-bond acceptors (Lipinski definition) is 2. The molecule has 1 unspecified atom stereocenters. The van der Waals surface area contributed by atoms with Gasteiger partial charge < -0.3 is 10.1 Å². The van der Waals surface area contributed by atoms with Crippen molar-refractivity contribution in [3.8, 4) is 5.75 Å². The summed E-state index contributed by atoms with van der Waals surface area (Å²) >= 11 is 6.16. The van der Waals surface area contributed by atoms with Crippen molar-refractivity contribution >= 4 is 11.6 Å². The summed E-state index contributed by atoms with van der Waals surface area (Å²) < 4.78 is 5.67. The van der Waals surface area contributed by atoms with E-state index < -0.39 is 0 Å². The molecule has 1 aromatic rings. The van der Waals surface area contributed by atoms with E-state index in [1.807, 2.05) is 6.07 Å². The molecule has 0 fully saturated rings. The van der Waals surface area contributed by atoms with Gasteiger partial charge in [-0.2, -0.15) is 0 Å². The Labute approximate surface area is 102 Å². The molecule has 16 heavy (non-hydrogen) atoms. The molecule has 0 spiro atoms. The highest BCUT2D eigenvalue weighted by Crippen LogP contribution is 2.39. The quantitative estimate of drug-likeness (QED) is 0.853. The molecular weight excluding hydrogens is 222 g/mol. The minimum Gasteiger partial charge on any atom is -0.492 e. The predicted octanol–water partition coefficient (Wildman–Crippen LogP) is 3.47. The zero-order chi connectivity index (χ0) is 11.7. The van der Waals surface area contributed by atoms with Crippen LogP contribution in [0, 0.1) is 6.92 Å².